The molecule has 0 radical (unpaired) electrons. The lowest BCUT2D eigenvalue weighted by Gasteiger charge is -2.29. The molecule has 1 aliphatic heterocycles. The fraction of sp³-hybridized carbons (Fsp3) is 0.463. The third-order valence-electron chi connectivity index (χ3n) is 9.29. The number of morpholine rings is 1. The number of nitrogens with zero attached hydrogens (tertiary/aromatic N) is 2. The van der Waals surface area contributed by atoms with Gasteiger partial charge in [0, 0.05) is 48.3 Å². The number of carbonyl (C=O) groups excluding carboxylic acids is 3. The van der Waals surface area contributed by atoms with E-state index in [0.29, 0.717) is 63.5 Å². The Morgan fingerprint density at radius 1 is 0.811 bits per heavy atom. The van der Waals surface area contributed by atoms with Crippen LogP contribution in [0.15, 0.2) is 83.6 Å². The second-order valence-electron chi connectivity index (χ2n) is 13.8. The van der Waals surface area contributed by atoms with Crippen molar-refractivity contribution in [1.82, 2.24) is 20.5 Å². The molecule has 1 aliphatic rings. The van der Waals surface area contributed by atoms with Gasteiger partial charge in [-0.15, -0.1) is 22.7 Å². The van der Waals surface area contributed by atoms with Crippen molar-refractivity contribution in [3.05, 3.63) is 110 Å². The number of amides is 2. The van der Waals surface area contributed by atoms with Gasteiger partial charge in [0.1, 0.15) is 13.2 Å². The van der Waals surface area contributed by atoms with Gasteiger partial charge < -0.3 is 24.8 Å². The number of aromatic nitrogens is 1. The summed E-state index contributed by atoms with van der Waals surface area (Å²) in [6.45, 7) is 7.95. The minimum absolute atomic E-state index is 0.0275. The minimum atomic E-state index is -0.712. The summed E-state index contributed by atoms with van der Waals surface area (Å²) in [6.07, 6.45) is 2.31. The standard InChI is InChI=1S/C41H52N4O6S2/c1-30(2)39-42-35(29-53-39)27-50-41(48)44-37(17-18-45-19-21-49-22-20-45)38(46)26-33(24-31-10-5-3-6-11-31)15-16-34(25-32-12-7-4-8-13-32)43-40(47)51-28-36-14-9-23-52-36/h3-14,23,29-30,33-34,37H,15-22,24-28H2,1-2H3,(H,43,47)(H,44,48). The monoisotopic (exact) mass is 760 g/mol. The number of benzene rings is 2. The Hall–Kier alpha value is -4.10. The fourth-order valence-corrected chi connectivity index (χ4v) is 7.81. The lowest BCUT2D eigenvalue weighted by Crippen LogP contribution is -2.45. The SMILES string of the molecule is CC(C)c1nc(COC(=O)NC(CCN2CCOCC2)C(=O)CC(CCC(Cc2ccccc2)NC(=O)OCc2cccs2)Cc2ccccc2)cs1. The topological polar surface area (TPSA) is 119 Å². The lowest BCUT2D eigenvalue weighted by molar-refractivity contribution is -0.122. The molecule has 12 heteroatoms. The summed E-state index contributed by atoms with van der Waals surface area (Å²) in [7, 11) is 0. The zero-order valence-electron chi connectivity index (χ0n) is 30.7. The molecule has 4 aromatic rings. The number of thiophene rings is 1. The first-order chi connectivity index (χ1) is 25.8. The highest BCUT2D eigenvalue weighted by Gasteiger charge is 2.27. The van der Waals surface area contributed by atoms with Crippen molar-refractivity contribution in [2.45, 2.75) is 83.6 Å². The first-order valence-electron chi connectivity index (χ1n) is 18.5. The first-order valence-corrected chi connectivity index (χ1v) is 20.3. The second-order valence-corrected chi connectivity index (χ2v) is 15.8. The van der Waals surface area contributed by atoms with Crippen LogP contribution in [0.1, 0.15) is 72.2 Å². The summed E-state index contributed by atoms with van der Waals surface area (Å²) in [5.41, 5.74) is 2.94. The molecule has 10 nitrogen and oxygen atoms in total. The Bertz CT molecular complexity index is 1660. The molecule has 2 amide bonds. The van der Waals surface area contributed by atoms with Gasteiger partial charge in [-0.3, -0.25) is 9.69 Å². The molecule has 1 fully saturated rings. The number of nitrogens with one attached hydrogen (secondary N) is 2. The molecule has 2 N–H and O–H groups in total. The largest absolute Gasteiger partial charge is 0.444 e. The molecular weight excluding hydrogens is 709 g/mol. The fourth-order valence-electron chi connectivity index (χ4n) is 6.38. The smallest absolute Gasteiger partial charge is 0.408 e. The number of rotatable bonds is 20. The number of carbonyl (C=O) groups is 3. The molecule has 0 aliphatic carbocycles. The first kappa shape index (κ1) is 40.1. The highest BCUT2D eigenvalue weighted by Crippen LogP contribution is 2.23. The normalized spacial score (nSPS) is 15.0. The zero-order valence-corrected chi connectivity index (χ0v) is 32.4. The molecule has 53 heavy (non-hydrogen) atoms. The molecule has 284 valence electrons. The molecule has 5 rings (SSSR count). The van der Waals surface area contributed by atoms with Crippen molar-refractivity contribution in [3.8, 4) is 0 Å². The van der Waals surface area contributed by atoms with Gasteiger partial charge in [-0.05, 0) is 60.6 Å². The van der Waals surface area contributed by atoms with Gasteiger partial charge in [0.2, 0.25) is 0 Å². The van der Waals surface area contributed by atoms with E-state index in [2.05, 4.69) is 58.6 Å². The predicted molar refractivity (Wildman–Crippen MR) is 209 cm³/mol. The maximum Gasteiger partial charge on any atom is 0.408 e. The molecule has 2 aromatic heterocycles. The van der Waals surface area contributed by atoms with Crippen LogP contribution in [0, 0.1) is 5.92 Å². The summed E-state index contributed by atoms with van der Waals surface area (Å²) in [6, 6.07) is 23.2. The van der Waals surface area contributed by atoms with Crippen LogP contribution in [-0.4, -0.2) is 72.8 Å². The van der Waals surface area contributed by atoms with E-state index in [9.17, 15) is 14.4 Å². The average molecular weight is 761 g/mol. The van der Waals surface area contributed by atoms with Gasteiger partial charge in [0.15, 0.2) is 5.78 Å². The number of Topliss-reactive ketones (excluding diaryl/α,β-unsaturated/α-hetero) is 1. The van der Waals surface area contributed by atoms with E-state index in [4.69, 9.17) is 14.2 Å². The van der Waals surface area contributed by atoms with E-state index >= 15 is 0 Å². The molecule has 0 spiro atoms. The van der Waals surface area contributed by atoms with Gasteiger partial charge in [-0.1, -0.05) is 80.6 Å². The van der Waals surface area contributed by atoms with Crippen molar-refractivity contribution in [2.75, 3.05) is 32.8 Å². The van der Waals surface area contributed by atoms with E-state index < -0.39 is 18.2 Å². The van der Waals surface area contributed by atoms with Crippen molar-refractivity contribution in [2.24, 2.45) is 5.92 Å². The summed E-state index contributed by atoms with van der Waals surface area (Å²) < 4.78 is 16.7. The Kier molecular flexibility index (Phi) is 16.3. The average Bonchev–Trinajstić information content (AvgIpc) is 3.88. The van der Waals surface area contributed by atoms with Gasteiger partial charge in [-0.25, -0.2) is 14.6 Å². The second kappa shape index (κ2) is 21.6. The molecule has 2 aromatic carbocycles. The molecule has 1 saturated heterocycles. The number of hydrogen-bond donors (Lipinski definition) is 2. The third-order valence-corrected chi connectivity index (χ3v) is 11.3. The van der Waals surface area contributed by atoms with Crippen LogP contribution < -0.4 is 10.6 Å². The van der Waals surface area contributed by atoms with Gasteiger partial charge >= 0.3 is 12.2 Å². The number of hydrogen-bond acceptors (Lipinski definition) is 10. The summed E-state index contributed by atoms with van der Waals surface area (Å²) in [4.78, 5) is 48.1. The van der Waals surface area contributed by atoms with E-state index in [1.807, 2.05) is 59.3 Å². The van der Waals surface area contributed by atoms with Crippen molar-refractivity contribution in [1.29, 1.82) is 0 Å². The van der Waals surface area contributed by atoms with Crippen LogP contribution in [0.3, 0.4) is 0 Å². The predicted octanol–water partition coefficient (Wildman–Crippen LogP) is 7.78. The Labute approximate surface area is 321 Å². The third kappa shape index (κ3) is 14.3. The summed E-state index contributed by atoms with van der Waals surface area (Å²) >= 11 is 3.09. The molecule has 0 saturated carbocycles. The number of thiazole rings is 1. The Morgan fingerprint density at radius 2 is 1.49 bits per heavy atom. The minimum Gasteiger partial charge on any atom is -0.444 e. The van der Waals surface area contributed by atoms with Crippen LogP contribution in [0.4, 0.5) is 9.59 Å². The van der Waals surface area contributed by atoms with Crippen LogP contribution in [-0.2, 0) is 45.1 Å². The summed E-state index contributed by atoms with van der Waals surface area (Å²) in [5.74, 6) is 0.235. The van der Waals surface area contributed by atoms with E-state index in [0.717, 1.165) is 34.1 Å². The van der Waals surface area contributed by atoms with Crippen molar-refractivity contribution in [3.63, 3.8) is 0 Å². The van der Waals surface area contributed by atoms with Crippen molar-refractivity contribution < 1.29 is 28.6 Å². The summed E-state index contributed by atoms with van der Waals surface area (Å²) in [5, 5.41) is 10.9. The zero-order chi connectivity index (χ0) is 37.3. The van der Waals surface area contributed by atoms with Crippen molar-refractivity contribution >= 4 is 40.6 Å². The van der Waals surface area contributed by atoms with Gasteiger partial charge in [0.25, 0.3) is 0 Å². The van der Waals surface area contributed by atoms with E-state index in [1.165, 1.54) is 0 Å². The highest BCUT2D eigenvalue weighted by atomic mass is 32.1. The van der Waals surface area contributed by atoms with Crippen LogP contribution in [0.25, 0.3) is 0 Å². The number of ether oxygens (including phenoxy) is 3. The number of ketones is 1. The maximum absolute atomic E-state index is 14.2. The van der Waals surface area contributed by atoms with E-state index in [-0.39, 0.29) is 37.4 Å². The Balaban J connectivity index is 1.26. The molecule has 0 bridgehead atoms. The van der Waals surface area contributed by atoms with Crippen LogP contribution >= 0.6 is 22.7 Å². The van der Waals surface area contributed by atoms with Gasteiger partial charge in [0.05, 0.1) is 30.0 Å². The lowest BCUT2D eigenvalue weighted by atomic mass is 9.86. The quantitative estimate of drug-likeness (QED) is 0.0938. The van der Waals surface area contributed by atoms with Crippen LogP contribution in [0.2, 0.25) is 0 Å². The van der Waals surface area contributed by atoms with Gasteiger partial charge in [-0.2, -0.15) is 0 Å². The molecule has 3 atom stereocenters. The number of alkyl carbamates (subject to hydrolysis) is 2. The molecule has 3 heterocycles. The molecular formula is C41H52N4O6S2. The Morgan fingerprint density at radius 3 is 2.15 bits per heavy atom. The maximum atomic E-state index is 14.2. The highest BCUT2D eigenvalue weighted by molar-refractivity contribution is 7.10. The van der Waals surface area contributed by atoms with E-state index in [1.54, 1.807) is 22.7 Å². The molecule has 3 unspecified atom stereocenters. The van der Waals surface area contributed by atoms with Crippen LogP contribution in [0.5, 0.6) is 0 Å².